The van der Waals surface area contributed by atoms with Gasteiger partial charge < -0.3 is 9.64 Å². The summed E-state index contributed by atoms with van der Waals surface area (Å²) in [5.41, 5.74) is 0.0239. The highest BCUT2D eigenvalue weighted by Crippen LogP contribution is 2.32. The highest BCUT2D eigenvalue weighted by Gasteiger charge is 2.27. The largest absolute Gasteiger partial charge is 0.360 e. The number of anilines is 1. The molecule has 0 aromatic heterocycles. The Morgan fingerprint density at radius 1 is 1.63 bits per heavy atom. The summed E-state index contributed by atoms with van der Waals surface area (Å²) in [7, 11) is 0. The van der Waals surface area contributed by atoms with Crippen molar-refractivity contribution in [2.24, 2.45) is 0 Å². The smallest absolute Gasteiger partial charge is 0.293 e. The van der Waals surface area contributed by atoms with Crippen molar-refractivity contribution in [3.05, 3.63) is 31.6 Å². The van der Waals surface area contributed by atoms with E-state index in [1.54, 1.807) is 27.5 Å². The number of nitriles is 1. The van der Waals surface area contributed by atoms with E-state index in [9.17, 15) is 14.5 Å². The monoisotopic (exact) mass is 377 g/mol. The van der Waals surface area contributed by atoms with Gasteiger partial charge in [0.1, 0.15) is 11.5 Å². The third-order valence-corrected chi connectivity index (χ3v) is 3.59. The predicted molar refractivity (Wildman–Crippen MR) is 73.3 cm³/mol. The molecule has 0 bridgehead atoms. The van der Waals surface area contributed by atoms with Crippen molar-refractivity contribution in [3.8, 4) is 6.07 Å². The van der Waals surface area contributed by atoms with E-state index < -0.39 is 16.8 Å². The van der Waals surface area contributed by atoms with Gasteiger partial charge in [0.05, 0.1) is 27.7 Å². The zero-order chi connectivity index (χ0) is 14.0. The van der Waals surface area contributed by atoms with Crippen molar-refractivity contribution < 1.29 is 14.1 Å². The van der Waals surface area contributed by atoms with Crippen molar-refractivity contribution in [2.75, 3.05) is 24.6 Å². The topological polar surface area (TPSA) is 79.4 Å². The number of hydrogen-bond donors (Lipinski definition) is 0. The maximum atomic E-state index is 13.6. The summed E-state index contributed by atoms with van der Waals surface area (Å²) in [4.78, 5) is 12.1. The summed E-state index contributed by atoms with van der Waals surface area (Å²) in [6.45, 7) is 0.861. The van der Waals surface area contributed by atoms with Crippen molar-refractivity contribution in [3.63, 3.8) is 0 Å². The van der Waals surface area contributed by atoms with E-state index in [2.05, 4.69) is 0 Å². The Hall–Kier alpha value is -1.47. The van der Waals surface area contributed by atoms with Gasteiger partial charge in [-0.15, -0.1) is 0 Å². The number of nitro benzene ring substituents is 1. The molecular formula is C11H9FIN3O3. The third-order valence-electron chi connectivity index (χ3n) is 2.77. The van der Waals surface area contributed by atoms with Crippen molar-refractivity contribution >= 4 is 34.0 Å². The van der Waals surface area contributed by atoms with Gasteiger partial charge in [0.2, 0.25) is 0 Å². The lowest BCUT2D eigenvalue weighted by Gasteiger charge is -2.31. The van der Waals surface area contributed by atoms with Gasteiger partial charge in [-0.25, -0.2) is 4.39 Å². The molecule has 0 aliphatic carbocycles. The van der Waals surface area contributed by atoms with E-state index in [1.165, 1.54) is 6.07 Å². The lowest BCUT2D eigenvalue weighted by atomic mass is 10.2. The molecule has 1 unspecified atom stereocenters. The van der Waals surface area contributed by atoms with Crippen molar-refractivity contribution in [2.45, 2.75) is 6.10 Å². The predicted octanol–water partition coefficient (Wildman–Crippen LogP) is 2.07. The maximum absolute atomic E-state index is 13.6. The lowest BCUT2D eigenvalue weighted by Crippen LogP contribution is -2.42. The highest BCUT2D eigenvalue weighted by atomic mass is 127. The van der Waals surface area contributed by atoms with Gasteiger partial charge >= 0.3 is 0 Å². The number of hydrogen-bond acceptors (Lipinski definition) is 5. The van der Waals surface area contributed by atoms with Gasteiger partial charge in [0.15, 0.2) is 6.10 Å². The molecule has 2 rings (SSSR count). The Morgan fingerprint density at radius 3 is 3.00 bits per heavy atom. The molecule has 19 heavy (non-hydrogen) atoms. The number of nitro groups is 1. The summed E-state index contributed by atoms with van der Waals surface area (Å²) < 4.78 is 19.0. The van der Waals surface area contributed by atoms with Crippen LogP contribution in [0, 0.1) is 30.8 Å². The number of benzene rings is 1. The molecule has 1 aliphatic heterocycles. The van der Waals surface area contributed by atoms with Crippen LogP contribution in [0.5, 0.6) is 0 Å². The van der Waals surface area contributed by atoms with Crippen LogP contribution in [0.15, 0.2) is 12.1 Å². The van der Waals surface area contributed by atoms with Crippen molar-refractivity contribution in [1.82, 2.24) is 0 Å². The quantitative estimate of drug-likeness (QED) is 0.448. The Labute approximate surface area is 122 Å². The van der Waals surface area contributed by atoms with E-state index in [1.807, 2.05) is 6.07 Å². The van der Waals surface area contributed by atoms with E-state index in [4.69, 9.17) is 10.00 Å². The Balaban J connectivity index is 2.40. The first-order valence-electron chi connectivity index (χ1n) is 5.42. The van der Waals surface area contributed by atoms with Crippen LogP contribution in [0.1, 0.15) is 0 Å². The minimum Gasteiger partial charge on any atom is -0.360 e. The minimum absolute atomic E-state index is 0.163. The number of morpholine rings is 1. The van der Waals surface area contributed by atoms with Crippen LogP contribution in [0.4, 0.5) is 15.8 Å². The molecule has 0 spiro atoms. The van der Waals surface area contributed by atoms with Crippen LogP contribution < -0.4 is 4.90 Å². The molecule has 1 aliphatic rings. The molecule has 0 radical (unpaired) electrons. The Morgan fingerprint density at radius 2 is 2.37 bits per heavy atom. The molecule has 1 fully saturated rings. The molecule has 1 aromatic carbocycles. The van der Waals surface area contributed by atoms with Gasteiger partial charge in [-0.2, -0.15) is 5.26 Å². The molecule has 1 saturated heterocycles. The summed E-state index contributed by atoms with van der Waals surface area (Å²) in [5, 5.41) is 19.9. The van der Waals surface area contributed by atoms with Crippen LogP contribution in [0.3, 0.4) is 0 Å². The van der Waals surface area contributed by atoms with Crippen molar-refractivity contribution in [1.29, 1.82) is 5.26 Å². The number of halogens is 2. The molecule has 1 aromatic rings. The van der Waals surface area contributed by atoms with Gasteiger partial charge in [0, 0.05) is 18.7 Å². The van der Waals surface area contributed by atoms with Gasteiger partial charge in [-0.1, -0.05) is 0 Å². The molecule has 100 valence electrons. The standard InChI is InChI=1S/C11H9FIN3O3/c12-8-3-10(11(16(17)18)4-9(8)13)15-1-2-19-7(5-14)6-15/h3-4,7H,1-2,6H2. The van der Waals surface area contributed by atoms with Crippen LogP contribution >= 0.6 is 22.6 Å². The van der Waals surface area contributed by atoms with E-state index in [0.29, 0.717) is 6.54 Å². The molecule has 0 N–H and O–H groups in total. The van der Waals surface area contributed by atoms with E-state index in [-0.39, 0.29) is 28.1 Å². The fraction of sp³-hybridized carbons (Fsp3) is 0.364. The average molecular weight is 377 g/mol. The van der Waals surface area contributed by atoms with E-state index in [0.717, 1.165) is 6.07 Å². The van der Waals surface area contributed by atoms with E-state index >= 15 is 0 Å². The SMILES string of the molecule is N#CC1CN(c2cc(F)c(I)cc2[N+](=O)[O-])CCO1. The van der Waals surface area contributed by atoms with Crippen LogP contribution in [-0.2, 0) is 4.74 Å². The lowest BCUT2D eigenvalue weighted by molar-refractivity contribution is -0.384. The average Bonchev–Trinajstić information content (AvgIpc) is 2.41. The minimum atomic E-state index is -0.657. The summed E-state index contributed by atoms with van der Waals surface area (Å²) >= 11 is 1.71. The maximum Gasteiger partial charge on any atom is 0.293 e. The van der Waals surface area contributed by atoms with Crippen LogP contribution in [0.25, 0.3) is 0 Å². The Bertz CT molecular complexity index is 561. The molecule has 6 nitrogen and oxygen atoms in total. The second-order valence-corrected chi connectivity index (χ2v) is 5.11. The summed E-state index contributed by atoms with van der Waals surface area (Å²) in [6, 6.07) is 4.28. The molecule has 1 atom stereocenters. The number of rotatable bonds is 2. The fourth-order valence-corrected chi connectivity index (χ4v) is 2.32. The second-order valence-electron chi connectivity index (χ2n) is 3.95. The van der Waals surface area contributed by atoms with Gasteiger partial charge in [-0.05, 0) is 22.6 Å². The zero-order valence-electron chi connectivity index (χ0n) is 9.68. The van der Waals surface area contributed by atoms with Gasteiger partial charge in [0.25, 0.3) is 5.69 Å². The van der Waals surface area contributed by atoms with Gasteiger partial charge in [-0.3, -0.25) is 10.1 Å². The Kier molecular flexibility index (Phi) is 4.16. The molecule has 8 heteroatoms. The summed E-state index contributed by atoms with van der Waals surface area (Å²) in [6.07, 6.45) is -0.657. The second kappa shape index (κ2) is 5.66. The fourth-order valence-electron chi connectivity index (χ4n) is 1.87. The third kappa shape index (κ3) is 2.93. The zero-order valence-corrected chi connectivity index (χ0v) is 11.8. The van der Waals surface area contributed by atoms with Crippen LogP contribution in [0.2, 0.25) is 0 Å². The first-order chi connectivity index (χ1) is 9.02. The number of ether oxygens (including phenoxy) is 1. The molecule has 0 saturated carbocycles. The first-order valence-corrected chi connectivity index (χ1v) is 6.50. The van der Waals surface area contributed by atoms with Crippen LogP contribution in [-0.4, -0.2) is 30.7 Å². The highest BCUT2D eigenvalue weighted by molar-refractivity contribution is 14.1. The number of nitrogens with zero attached hydrogens (tertiary/aromatic N) is 3. The molecule has 1 heterocycles. The molecule has 0 amide bonds. The molecular weight excluding hydrogens is 368 g/mol. The summed E-state index contributed by atoms with van der Waals surface area (Å²) in [5.74, 6) is -0.513. The normalized spacial score (nSPS) is 19.0. The first kappa shape index (κ1) is 14.0.